The summed E-state index contributed by atoms with van der Waals surface area (Å²) >= 11 is 0. The van der Waals surface area contributed by atoms with Crippen molar-refractivity contribution in [3.8, 4) is 5.69 Å². The molecule has 11 heteroatoms. The van der Waals surface area contributed by atoms with Crippen molar-refractivity contribution < 1.29 is 4.57 Å². The Balaban J connectivity index is 0.000000158. The van der Waals surface area contributed by atoms with Crippen molar-refractivity contribution in [2.45, 2.75) is 74.0 Å². The Labute approximate surface area is 521 Å². The number of para-hydroxylation sites is 9. The van der Waals surface area contributed by atoms with Gasteiger partial charge in [0.15, 0.2) is 0 Å². The smallest absolute Gasteiger partial charge is 0.239 e. The van der Waals surface area contributed by atoms with Gasteiger partial charge in [-0.25, -0.2) is 4.98 Å². The van der Waals surface area contributed by atoms with Crippen LogP contribution in [-0.2, 0) is 0 Å². The molecule has 0 amide bonds. The lowest BCUT2D eigenvalue weighted by Crippen LogP contribution is -2.74. The zero-order valence-electron chi connectivity index (χ0n) is 49.7. The van der Waals surface area contributed by atoms with Crippen LogP contribution < -0.4 is 52.0 Å². The van der Waals surface area contributed by atoms with Crippen LogP contribution in [0, 0.1) is 0 Å². The van der Waals surface area contributed by atoms with E-state index in [1.165, 1.54) is 28.4 Å². The lowest BCUT2D eigenvalue weighted by atomic mass is 9.73. The fraction of sp³-hybridized carbons (Fsp3) is 0.154. The highest BCUT2D eigenvalue weighted by molar-refractivity contribution is 5.93. The molecule has 11 aromatic carbocycles. The third-order valence-corrected chi connectivity index (χ3v) is 17.6. The number of anilines is 11. The van der Waals surface area contributed by atoms with Crippen molar-refractivity contribution >= 4 is 84.6 Å². The van der Waals surface area contributed by atoms with E-state index in [2.05, 4.69) is 295 Å². The van der Waals surface area contributed by atoms with Gasteiger partial charge in [0.05, 0.1) is 11.4 Å². The molecular formula is C78H74N11+. The topological polar surface area (TPSA) is 116 Å². The maximum atomic E-state index is 5.15. The minimum Gasteiger partial charge on any atom is -0.380 e. The third-order valence-electron chi connectivity index (χ3n) is 17.6. The minimum absolute atomic E-state index is 0.257. The molecule has 1 aromatic heterocycles. The van der Waals surface area contributed by atoms with Gasteiger partial charge < -0.3 is 47.4 Å². The standard InChI is InChI=1S/C42H46N6.C36H27N5/c1-6-16-30(17-7-1)43-35-26-39-41(28-37(35)45-32-20-10-3-11-21-32)48(34-24-14-5-15-25-34)42-29-38(46-33-22-12-4-13-23-33)36(27-40(42)47-39)44-31-18-8-2-9-19-31;1-5-13-26(14-6-1)37-29-21-22-31-35(23-29)41(30-19-11-4-12-20-30)36-25-33(39-28-17-9-3-10-18-28)32(24-34(36)40-31)38-27-15-7-2-8-16-27/h1-25,35-47H,26-29H2;1-25H,(H2,37,38,39,40)/p+1. The average Bonchev–Trinajstić information content (AvgIpc) is 1.03. The summed E-state index contributed by atoms with van der Waals surface area (Å²) in [5.74, 6) is 0. The summed E-state index contributed by atoms with van der Waals surface area (Å²) in [5, 5.41) is 30.9. The van der Waals surface area contributed by atoms with E-state index in [-0.39, 0.29) is 24.2 Å². The fourth-order valence-corrected chi connectivity index (χ4v) is 13.6. The number of hydrogen-bond acceptors (Lipinski definition) is 10. The van der Waals surface area contributed by atoms with Crippen LogP contribution in [-0.4, -0.2) is 53.3 Å². The molecule has 3 fully saturated rings. The summed E-state index contributed by atoms with van der Waals surface area (Å²) in [4.78, 5) is 7.95. The minimum atomic E-state index is 0.257. The van der Waals surface area contributed by atoms with Crippen molar-refractivity contribution in [2.75, 3.05) is 42.1 Å². The molecule has 8 atom stereocenters. The number of benzene rings is 11. The zero-order chi connectivity index (χ0) is 59.6. The SMILES string of the molecule is c1ccc(NC2CC3NC4CC(Nc5ccccc5)C(Nc5ccccc5)CC4N(c4ccccc4)C3CC2Nc2ccccc2)cc1.c1ccc(Nc2ccc3nc4cc(Nc5ccccc5)c(Nc5ccccc5)cc4[n+](-c4ccccc4)c3c2)cc1. The maximum Gasteiger partial charge on any atom is 0.239 e. The van der Waals surface area contributed by atoms with Crippen LogP contribution in [0.15, 0.2) is 303 Å². The normalized spacial score (nSPS) is 20.1. The average molecular weight is 1170 g/mol. The molecule has 1 aliphatic heterocycles. The Morgan fingerprint density at radius 1 is 0.315 bits per heavy atom. The number of hydrogen-bond donors (Lipinski definition) is 8. The van der Waals surface area contributed by atoms with E-state index >= 15 is 0 Å². The molecule has 3 aliphatic rings. The molecule has 8 N–H and O–H groups in total. The quantitative estimate of drug-likeness (QED) is 0.0351. The van der Waals surface area contributed by atoms with Crippen LogP contribution in [0.2, 0.25) is 0 Å². The van der Waals surface area contributed by atoms with Crippen molar-refractivity contribution in [1.29, 1.82) is 0 Å². The van der Waals surface area contributed by atoms with Gasteiger partial charge >= 0.3 is 0 Å². The number of piperazine rings is 1. The monoisotopic (exact) mass is 1160 g/mol. The van der Waals surface area contributed by atoms with Crippen LogP contribution in [0.5, 0.6) is 0 Å². The summed E-state index contributed by atoms with van der Waals surface area (Å²) in [6.07, 6.45) is 4.10. The van der Waals surface area contributed by atoms with Gasteiger partial charge in [0.25, 0.3) is 0 Å². The first-order chi connectivity index (χ1) is 44.1. The number of fused-ring (bicyclic) bond motifs is 4. The Bertz CT molecular complexity index is 4090. The van der Waals surface area contributed by atoms with E-state index in [0.717, 1.165) is 87.6 Å². The van der Waals surface area contributed by atoms with Crippen LogP contribution in [0.1, 0.15) is 25.7 Å². The van der Waals surface area contributed by atoms with Gasteiger partial charge in [0, 0.05) is 124 Å². The predicted molar refractivity (Wildman–Crippen MR) is 371 cm³/mol. The maximum absolute atomic E-state index is 5.15. The molecule has 12 aromatic rings. The number of aromatic nitrogens is 2. The van der Waals surface area contributed by atoms with E-state index in [1.807, 2.05) is 60.7 Å². The van der Waals surface area contributed by atoms with Gasteiger partial charge in [-0.3, -0.25) is 0 Å². The first-order valence-corrected chi connectivity index (χ1v) is 31.3. The molecule has 0 spiro atoms. The molecular weight excluding hydrogens is 1090 g/mol. The molecule has 440 valence electrons. The lowest BCUT2D eigenvalue weighted by Gasteiger charge is -2.59. The van der Waals surface area contributed by atoms with E-state index in [9.17, 15) is 0 Å². The molecule has 0 bridgehead atoms. The first kappa shape index (κ1) is 56.2. The summed E-state index contributed by atoms with van der Waals surface area (Å²) in [6, 6.07) is 108. The number of rotatable bonds is 16. The van der Waals surface area contributed by atoms with Gasteiger partial charge in [0.2, 0.25) is 16.7 Å². The molecule has 8 unspecified atom stereocenters. The zero-order valence-corrected chi connectivity index (χ0v) is 49.7. The highest BCUT2D eigenvalue weighted by Gasteiger charge is 2.51. The van der Waals surface area contributed by atoms with Crippen molar-refractivity contribution in [3.05, 3.63) is 303 Å². The van der Waals surface area contributed by atoms with E-state index in [1.54, 1.807) is 0 Å². The lowest BCUT2D eigenvalue weighted by molar-refractivity contribution is -0.538. The first-order valence-electron chi connectivity index (χ1n) is 31.3. The third kappa shape index (κ3) is 13.2. The Hall–Kier alpha value is -10.6. The molecule has 0 radical (unpaired) electrons. The summed E-state index contributed by atoms with van der Waals surface area (Å²) in [7, 11) is 0. The van der Waals surface area contributed by atoms with E-state index in [0.29, 0.717) is 24.2 Å². The number of nitrogens with zero attached hydrogens (tertiary/aromatic N) is 3. The van der Waals surface area contributed by atoms with Gasteiger partial charge in [0.1, 0.15) is 11.0 Å². The fourth-order valence-electron chi connectivity index (χ4n) is 13.6. The molecule has 2 aliphatic carbocycles. The Kier molecular flexibility index (Phi) is 16.8. The second-order valence-corrected chi connectivity index (χ2v) is 23.5. The Morgan fingerprint density at radius 3 is 1.09 bits per heavy atom. The van der Waals surface area contributed by atoms with Crippen molar-refractivity contribution in [2.24, 2.45) is 0 Å². The predicted octanol–water partition coefficient (Wildman–Crippen LogP) is 17.0. The van der Waals surface area contributed by atoms with Gasteiger partial charge in [-0.15, -0.1) is 4.57 Å². The van der Waals surface area contributed by atoms with E-state index in [4.69, 9.17) is 4.98 Å². The molecule has 1 saturated heterocycles. The van der Waals surface area contributed by atoms with Gasteiger partial charge in [-0.1, -0.05) is 164 Å². The van der Waals surface area contributed by atoms with Crippen LogP contribution in [0.3, 0.4) is 0 Å². The van der Waals surface area contributed by atoms with Crippen molar-refractivity contribution in [3.63, 3.8) is 0 Å². The molecule has 15 rings (SSSR count). The summed E-state index contributed by atoms with van der Waals surface area (Å²) < 4.78 is 2.29. The van der Waals surface area contributed by atoms with Crippen LogP contribution in [0.25, 0.3) is 27.8 Å². The summed E-state index contributed by atoms with van der Waals surface area (Å²) in [5.41, 5.74) is 16.9. The van der Waals surface area contributed by atoms with Gasteiger partial charge in [-0.2, -0.15) is 0 Å². The number of nitrogens with one attached hydrogen (secondary N) is 8. The Morgan fingerprint density at radius 2 is 0.663 bits per heavy atom. The van der Waals surface area contributed by atoms with E-state index < -0.39 is 0 Å². The van der Waals surface area contributed by atoms with Gasteiger partial charge in [-0.05, 0) is 141 Å². The second-order valence-electron chi connectivity index (χ2n) is 23.5. The highest BCUT2D eigenvalue weighted by atomic mass is 15.3. The molecule has 89 heavy (non-hydrogen) atoms. The van der Waals surface area contributed by atoms with Crippen molar-refractivity contribution in [1.82, 2.24) is 10.3 Å². The molecule has 2 saturated carbocycles. The van der Waals surface area contributed by atoms with Crippen LogP contribution >= 0.6 is 0 Å². The van der Waals surface area contributed by atoms with Crippen LogP contribution in [0.4, 0.5) is 62.6 Å². The largest absolute Gasteiger partial charge is 0.380 e. The highest BCUT2D eigenvalue weighted by Crippen LogP contribution is 2.42. The molecule has 11 nitrogen and oxygen atoms in total. The second kappa shape index (κ2) is 26.6. The summed E-state index contributed by atoms with van der Waals surface area (Å²) in [6.45, 7) is 0. The molecule has 2 heterocycles.